The molecule has 3 aromatic rings. The van der Waals surface area contributed by atoms with Gasteiger partial charge in [-0.05, 0) is 25.9 Å². The van der Waals surface area contributed by atoms with E-state index >= 15 is 0 Å². The van der Waals surface area contributed by atoms with Crippen molar-refractivity contribution in [1.29, 1.82) is 0 Å². The highest BCUT2D eigenvalue weighted by molar-refractivity contribution is 5.62. The second-order valence-electron chi connectivity index (χ2n) is 4.33. The van der Waals surface area contributed by atoms with Crippen molar-refractivity contribution in [2.24, 2.45) is 0 Å². The van der Waals surface area contributed by atoms with Crippen molar-refractivity contribution in [3.63, 3.8) is 0 Å². The second-order valence-corrected chi connectivity index (χ2v) is 4.33. The Kier molecular flexibility index (Phi) is 2.41. The molecule has 0 atom stereocenters. The highest BCUT2D eigenvalue weighted by Gasteiger charge is 2.05. The van der Waals surface area contributed by atoms with E-state index < -0.39 is 6.85 Å². The molecule has 1 aromatic carbocycles. The van der Waals surface area contributed by atoms with E-state index in [9.17, 15) is 0 Å². The monoisotopic (exact) mass is 265 g/mol. The van der Waals surface area contributed by atoms with Crippen LogP contribution in [0.25, 0.3) is 22.6 Å². The van der Waals surface area contributed by atoms with Gasteiger partial charge in [0, 0.05) is 21.4 Å². The lowest BCUT2D eigenvalue weighted by molar-refractivity contribution is 0.927. The molecule has 4 heteroatoms. The molecule has 0 saturated heterocycles. The summed E-state index contributed by atoms with van der Waals surface area (Å²) in [6.45, 7) is -0.716. The highest BCUT2D eigenvalue weighted by Crippen LogP contribution is 2.20. The number of rotatable bonds is 2. The van der Waals surface area contributed by atoms with Gasteiger partial charge >= 0.3 is 0 Å². The third-order valence-corrected chi connectivity index (χ3v) is 2.84. The van der Waals surface area contributed by atoms with Crippen LogP contribution in [0.5, 0.6) is 0 Å². The fourth-order valence-corrected chi connectivity index (χ4v) is 1.92. The molecular formula is C16H14N4. The summed E-state index contributed by atoms with van der Waals surface area (Å²) < 4.78 is 22.3. The number of aryl methyl sites for hydroxylation is 2. The van der Waals surface area contributed by atoms with Crippen LogP contribution in [0.2, 0.25) is 0 Å². The number of benzene rings is 1. The van der Waals surface area contributed by atoms with Crippen LogP contribution in [-0.4, -0.2) is 19.9 Å². The molecule has 0 aliphatic carbocycles. The van der Waals surface area contributed by atoms with Crippen LogP contribution in [-0.2, 0) is 0 Å². The van der Waals surface area contributed by atoms with E-state index in [1.165, 1.54) is 0 Å². The quantitative estimate of drug-likeness (QED) is 0.714. The lowest BCUT2D eigenvalue weighted by Gasteiger charge is -2.04. The Morgan fingerprint density at radius 2 is 1.65 bits per heavy atom. The summed E-state index contributed by atoms with van der Waals surface area (Å²) in [6.07, 6.45) is 1.64. The summed E-state index contributed by atoms with van der Waals surface area (Å²) >= 11 is 0. The summed E-state index contributed by atoms with van der Waals surface area (Å²) in [5, 5.41) is 0. The summed E-state index contributed by atoms with van der Waals surface area (Å²) in [5.41, 5.74) is 2.49. The largest absolute Gasteiger partial charge is 0.255 e. The Morgan fingerprint density at radius 3 is 2.35 bits per heavy atom. The third-order valence-electron chi connectivity index (χ3n) is 2.84. The van der Waals surface area contributed by atoms with Crippen molar-refractivity contribution < 1.29 is 4.11 Å². The van der Waals surface area contributed by atoms with Crippen LogP contribution in [0, 0.1) is 13.8 Å². The van der Waals surface area contributed by atoms with E-state index in [1.54, 1.807) is 13.1 Å². The van der Waals surface area contributed by atoms with Gasteiger partial charge in [0.05, 0.1) is 5.69 Å². The van der Waals surface area contributed by atoms with Crippen LogP contribution in [0.3, 0.4) is 0 Å². The number of aromatic nitrogens is 4. The fourth-order valence-electron chi connectivity index (χ4n) is 1.92. The van der Waals surface area contributed by atoms with Crippen molar-refractivity contribution in [3.05, 3.63) is 60.3 Å². The molecule has 0 aliphatic rings. The Balaban J connectivity index is 1.98. The van der Waals surface area contributed by atoms with Crippen LogP contribution in [0.1, 0.15) is 15.8 Å². The SMILES string of the molecule is [2H]C([2H])([2H])c1nc(C)nc(-c2ccc(-c3ccccc3)nc2)n1. The van der Waals surface area contributed by atoms with E-state index in [1.807, 2.05) is 42.5 Å². The number of pyridine rings is 1. The van der Waals surface area contributed by atoms with Gasteiger partial charge < -0.3 is 0 Å². The van der Waals surface area contributed by atoms with Crippen LogP contribution in [0.4, 0.5) is 0 Å². The first-order valence-corrected chi connectivity index (χ1v) is 6.18. The Bertz CT molecular complexity index is 815. The maximum absolute atomic E-state index is 7.44. The van der Waals surface area contributed by atoms with Crippen LogP contribution < -0.4 is 0 Å². The van der Waals surface area contributed by atoms with Crippen molar-refractivity contribution in [3.8, 4) is 22.6 Å². The Hall–Kier alpha value is -2.62. The first-order valence-electron chi connectivity index (χ1n) is 7.68. The molecule has 0 fully saturated rings. The molecule has 4 nitrogen and oxygen atoms in total. The lowest BCUT2D eigenvalue weighted by atomic mass is 10.1. The zero-order valence-corrected chi connectivity index (χ0v) is 10.9. The maximum atomic E-state index is 7.44. The minimum Gasteiger partial charge on any atom is -0.255 e. The van der Waals surface area contributed by atoms with Crippen LogP contribution >= 0.6 is 0 Å². The molecule has 20 heavy (non-hydrogen) atoms. The predicted octanol–water partition coefficient (Wildman–Crippen LogP) is 3.22. The normalized spacial score (nSPS) is 13.3. The van der Waals surface area contributed by atoms with Gasteiger partial charge in [-0.25, -0.2) is 15.0 Å². The van der Waals surface area contributed by atoms with Gasteiger partial charge in [-0.15, -0.1) is 0 Å². The zero-order valence-electron chi connectivity index (χ0n) is 13.9. The molecule has 2 heterocycles. The van der Waals surface area contributed by atoms with Gasteiger partial charge in [-0.3, -0.25) is 4.98 Å². The van der Waals surface area contributed by atoms with E-state index in [0.717, 1.165) is 11.3 Å². The molecule has 0 radical (unpaired) electrons. The predicted molar refractivity (Wildman–Crippen MR) is 78.0 cm³/mol. The number of hydrogen-bond acceptors (Lipinski definition) is 4. The molecule has 0 amide bonds. The Labute approximate surface area is 121 Å². The molecule has 3 rings (SSSR count). The molecule has 0 N–H and O–H groups in total. The van der Waals surface area contributed by atoms with Crippen molar-refractivity contribution in [1.82, 2.24) is 19.9 Å². The molecule has 98 valence electrons. The summed E-state index contributed by atoms with van der Waals surface area (Å²) in [6, 6.07) is 13.5. The minimum atomic E-state index is -2.36. The third kappa shape index (κ3) is 2.54. The first kappa shape index (κ1) is 9.31. The van der Waals surface area contributed by atoms with E-state index in [4.69, 9.17) is 4.11 Å². The molecule has 0 bridgehead atoms. The highest BCUT2D eigenvalue weighted by atomic mass is 15.0. The standard InChI is InChI=1S/C16H14N4/c1-11-18-12(2)20-16(19-11)14-8-9-15(17-10-14)13-6-4-3-5-7-13/h3-10H,1-2H3/i1D3. The number of hydrogen-bond donors (Lipinski definition) is 0. The average Bonchev–Trinajstić information content (AvgIpc) is 2.54. The van der Waals surface area contributed by atoms with Crippen molar-refractivity contribution in [2.75, 3.05) is 0 Å². The zero-order chi connectivity index (χ0) is 16.4. The van der Waals surface area contributed by atoms with Gasteiger partial charge in [0.25, 0.3) is 0 Å². The maximum Gasteiger partial charge on any atom is 0.164 e. The van der Waals surface area contributed by atoms with Gasteiger partial charge in [-0.2, -0.15) is 0 Å². The van der Waals surface area contributed by atoms with Gasteiger partial charge in [0.15, 0.2) is 5.82 Å². The molecule has 0 spiro atoms. The molecule has 0 aliphatic heterocycles. The molecule has 0 unspecified atom stereocenters. The first-order chi connectivity index (χ1) is 10.9. The average molecular weight is 265 g/mol. The lowest BCUT2D eigenvalue weighted by Crippen LogP contribution is -1.99. The summed E-state index contributed by atoms with van der Waals surface area (Å²) in [4.78, 5) is 16.6. The van der Waals surface area contributed by atoms with Crippen molar-refractivity contribution in [2.45, 2.75) is 13.8 Å². The smallest absolute Gasteiger partial charge is 0.164 e. The van der Waals surface area contributed by atoms with Gasteiger partial charge in [0.2, 0.25) is 0 Å². The molecule has 2 aromatic heterocycles. The van der Waals surface area contributed by atoms with E-state index in [0.29, 0.717) is 17.2 Å². The summed E-state index contributed by atoms with van der Waals surface area (Å²) in [5.74, 6) is 0.483. The Morgan fingerprint density at radius 1 is 0.850 bits per heavy atom. The van der Waals surface area contributed by atoms with E-state index in [2.05, 4.69) is 19.9 Å². The summed E-state index contributed by atoms with van der Waals surface area (Å²) in [7, 11) is 0. The fraction of sp³-hybridized carbons (Fsp3) is 0.125. The van der Waals surface area contributed by atoms with Gasteiger partial charge in [0.1, 0.15) is 11.6 Å². The molecule has 0 saturated carbocycles. The van der Waals surface area contributed by atoms with Gasteiger partial charge in [-0.1, -0.05) is 30.3 Å². The second kappa shape index (κ2) is 5.17. The topological polar surface area (TPSA) is 51.6 Å². The van der Waals surface area contributed by atoms with E-state index in [-0.39, 0.29) is 5.82 Å². The van der Waals surface area contributed by atoms with Crippen molar-refractivity contribution >= 4 is 0 Å². The minimum absolute atomic E-state index is 0.202. The molecular weight excluding hydrogens is 248 g/mol. The van der Waals surface area contributed by atoms with Crippen LogP contribution in [0.15, 0.2) is 48.7 Å². The number of nitrogens with zero attached hydrogens (tertiary/aromatic N) is 4.